The van der Waals surface area contributed by atoms with Crippen LogP contribution in [0.15, 0.2) is 24.3 Å². The minimum atomic E-state index is -2.25. The van der Waals surface area contributed by atoms with Gasteiger partial charge in [0.1, 0.15) is 11.0 Å². The van der Waals surface area contributed by atoms with Crippen LogP contribution >= 0.6 is 0 Å². The average molecular weight is 196 g/mol. The summed E-state index contributed by atoms with van der Waals surface area (Å²) in [7, 11) is -2.25. The molecular formula is C8H8N2O2S. The lowest BCUT2D eigenvalue weighted by Gasteiger charge is -2.00. The van der Waals surface area contributed by atoms with Crippen molar-refractivity contribution >= 4 is 20.8 Å². The van der Waals surface area contributed by atoms with E-state index in [-0.39, 0.29) is 4.86 Å². The SMILES string of the molecule is NC1Nc2ccccc2C1=S(=O)=O. The van der Waals surface area contributed by atoms with E-state index in [4.69, 9.17) is 5.73 Å². The standard InChI is InChI=1S/C8H8N2O2S/c9-8-7(13(11)12)5-3-1-2-4-6(5)10-8/h1-4,8,10H,9H2. The number of para-hydroxylation sites is 1. The van der Waals surface area contributed by atoms with Crippen LogP contribution in [0.5, 0.6) is 0 Å². The van der Waals surface area contributed by atoms with Gasteiger partial charge in [-0.25, -0.2) is 0 Å². The van der Waals surface area contributed by atoms with Crippen molar-refractivity contribution in [2.24, 2.45) is 5.73 Å². The Morgan fingerprint density at radius 3 is 2.69 bits per heavy atom. The molecule has 68 valence electrons. The summed E-state index contributed by atoms with van der Waals surface area (Å²) in [6, 6.07) is 7.15. The monoisotopic (exact) mass is 196 g/mol. The van der Waals surface area contributed by atoms with Crippen molar-refractivity contribution in [2.75, 3.05) is 5.32 Å². The Labute approximate surface area is 76.9 Å². The Bertz CT molecular complexity index is 471. The van der Waals surface area contributed by atoms with Gasteiger partial charge >= 0.3 is 0 Å². The van der Waals surface area contributed by atoms with Crippen molar-refractivity contribution in [3.8, 4) is 0 Å². The molecule has 0 radical (unpaired) electrons. The van der Waals surface area contributed by atoms with Crippen molar-refractivity contribution in [1.29, 1.82) is 0 Å². The zero-order valence-electron chi connectivity index (χ0n) is 6.69. The van der Waals surface area contributed by atoms with Gasteiger partial charge in [-0.1, -0.05) is 18.2 Å². The summed E-state index contributed by atoms with van der Waals surface area (Å²) in [5.74, 6) is 0. The van der Waals surface area contributed by atoms with E-state index in [0.717, 1.165) is 5.69 Å². The number of hydrogen-bond donors (Lipinski definition) is 2. The number of nitrogens with two attached hydrogens (primary N) is 1. The Balaban J connectivity index is 2.74. The summed E-state index contributed by atoms with van der Waals surface area (Å²) >= 11 is 0. The van der Waals surface area contributed by atoms with Crippen LogP contribution in [-0.4, -0.2) is 19.4 Å². The van der Waals surface area contributed by atoms with E-state index in [1.54, 1.807) is 18.2 Å². The van der Waals surface area contributed by atoms with Gasteiger partial charge in [0.2, 0.25) is 10.3 Å². The van der Waals surface area contributed by atoms with Crippen molar-refractivity contribution in [1.82, 2.24) is 0 Å². The molecule has 0 aromatic heterocycles. The van der Waals surface area contributed by atoms with Crippen molar-refractivity contribution in [3.63, 3.8) is 0 Å². The van der Waals surface area contributed by atoms with Crippen LogP contribution in [0.2, 0.25) is 0 Å². The van der Waals surface area contributed by atoms with Gasteiger partial charge in [-0.2, -0.15) is 8.42 Å². The fourth-order valence-corrected chi connectivity index (χ4v) is 2.04. The van der Waals surface area contributed by atoms with Crippen LogP contribution in [0, 0.1) is 0 Å². The molecule has 1 aliphatic heterocycles. The Kier molecular flexibility index (Phi) is 1.82. The maximum Gasteiger partial charge on any atom is 0.221 e. The van der Waals surface area contributed by atoms with Gasteiger partial charge in [0.05, 0.1) is 0 Å². The van der Waals surface area contributed by atoms with Crippen LogP contribution in [-0.2, 0) is 10.3 Å². The lowest BCUT2D eigenvalue weighted by atomic mass is 10.1. The van der Waals surface area contributed by atoms with E-state index in [9.17, 15) is 8.42 Å². The molecule has 4 nitrogen and oxygen atoms in total. The fourth-order valence-electron chi connectivity index (χ4n) is 1.42. The molecular weight excluding hydrogens is 188 g/mol. The average Bonchev–Trinajstić information content (AvgIpc) is 2.39. The summed E-state index contributed by atoms with van der Waals surface area (Å²) in [6.45, 7) is 0. The highest BCUT2D eigenvalue weighted by Gasteiger charge is 2.25. The molecule has 1 unspecified atom stereocenters. The highest BCUT2D eigenvalue weighted by atomic mass is 32.2. The second-order valence-corrected chi connectivity index (χ2v) is 3.68. The minimum Gasteiger partial charge on any atom is -0.365 e. The zero-order chi connectivity index (χ0) is 9.42. The lowest BCUT2D eigenvalue weighted by Crippen LogP contribution is -2.33. The molecule has 0 amide bonds. The highest BCUT2D eigenvalue weighted by molar-refractivity contribution is 7.73. The molecule has 1 atom stereocenters. The summed E-state index contributed by atoms with van der Waals surface area (Å²) in [6.07, 6.45) is -0.615. The van der Waals surface area contributed by atoms with E-state index in [0.29, 0.717) is 5.56 Å². The molecule has 1 aromatic carbocycles. The van der Waals surface area contributed by atoms with Crippen LogP contribution in [0.3, 0.4) is 0 Å². The second kappa shape index (κ2) is 2.86. The van der Waals surface area contributed by atoms with Crippen LogP contribution in [0.4, 0.5) is 5.69 Å². The molecule has 0 aliphatic carbocycles. The molecule has 1 heterocycles. The van der Waals surface area contributed by atoms with Crippen molar-refractivity contribution in [3.05, 3.63) is 29.8 Å². The topological polar surface area (TPSA) is 72.2 Å². The maximum atomic E-state index is 10.8. The summed E-state index contributed by atoms with van der Waals surface area (Å²) in [5, 5.41) is 2.88. The first-order chi connectivity index (χ1) is 6.20. The van der Waals surface area contributed by atoms with Gasteiger partial charge in [0.25, 0.3) is 0 Å². The van der Waals surface area contributed by atoms with E-state index < -0.39 is 16.5 Å². The Morgan fingerprint density at radius 1 is 1.31 bits per heavy atom. The summed E-state index contributed by atoms with van der Waals surface area (Å²) in [4.78, 5) is 0.232. The summed E-state index contributed by atoms with van der Waals surface area (Å²) < 4.78 is 21.6. The minimum absolute atomic E-state index is 0.232. The normalized spacial score (nSPS) is 19.5. The molecule has 1 aromatic rings. The fraction of sp³-hybridized carbons (Fsp3) is 0.125. The van der Waals surface area contributed by atoms with E-state index >= 15 is 0 Å². The molecule has 13 heavy (non-hydrogen) atoms. The van der Waals surface area contributed by atoms with Gasteiger partial charge in [0, 0.05) is 11.3 Å². The first-order valence-electron chi connectivity index (χ1n) is 3.78. The van der Waals surface area contributed by atoms with Gasteiger partial charge in [-0.3, -0.25) is 0 Å². The third kappa shape index (κ3) is 1.22. The maximum absolute atomic E-state index is 10.8. The Morgan fingerprint density at radius 2 is 2.00 bits per heavy atom. The number of anilines is 1. The van der Waals surface area contributed by atoms with Gasteiger partial charge in [-0.15, -0.1) is 0 Å². The molecule has 0 spiro atoms. The molecule has 0 saturated heterocycles. The second-order valence-electron chi connectivity index (χ2n) is 2.77. The number of rotatable bonds is 0. The van der Waals surface area contributed by atoms with Gasteiger partial charge < -0.3 is 11.1 Å². The lowest BCUT2D eigenvalue weighted by molar-refractivity contribution is 0.626. The third-order valence-electron chi connectivity index (χ3n) is 1.97. The van der Waals surface area contributed by atoms with Gasteiger partial charge in [-0.05, 0) is 6.07 Å². The van der Waals surface area contributed by atoms with Crippen LogP contribution < -0.4 is 11.1 Å². The zero-order valence-corrected chi connectivity index (χ0v) is 7.51. The molecule has 5 heteroatoms. The predicted octanol–water partition coefficient (Wildman–Crippen LogP) is -0.204. The molecule has 1 aliphatic rings. The van der Waals surface area contributed by atoms with E-state index in [2.05, 4.69) is 5.32 Å². The van der Waals surface area contributed by atoms with Gasteiger partial charge in [0.15, 0.2) is 0 Å². The number of hydrogen-bond acceptors (Lipinski definition) is 4. The summed E-state index contributed by atoms with van der Waals surface area (Å²) in [5.41, 5.74) is 7.03. The van der Waals surface area contributed by atoms with Crippen molar-refractivity contribution in [2.45, 2.75) is 6.17 Å². The molecule has 0 bridgehead atoms. The van der Waals surface area contributed by atoms with E-state index in [1.165, 1.54) is 0 Å². The van der Waals surface area contributed by atoms with Crippen LogP contribution in [0.25, 0.3) is 0 Å². The smallest absolute Gasteiger partial charge is 0.221 e. The number of nitrogens with one attached hydrogen (secondary N) is 1. The first-order valence-corrected chi connectivity index (χ1v) is 4.85. The molecule has 0 saturated carbocycles. The molecule has 3 N–H and O–H groups in total. The number of benzene rings is 1. The van der Waals surface area contributed by atoms with E-state index in [1.807, 2.05) is 6.07 Å². The quantitative estimate of drug-likeness (QED) is 0.563. The van der Waals surface area contributed by atoms with Crippen LogP contribution in [0.1, 0.15) is 5.56 Å². The largest absolute Gasteiger partial charge is 0.365 e. The molecule has 2 rings (SSSR count). The Hall–Kier alpha value is -1.33. The number of fused-ring (bicyclic) bond motifs is 1. The molecule has 0 fully saturated rings. The first kappa shape index (κ1) is 8.28. The third-order valence-corrected chi connectivity index (χ3v) is 2.80. The predicted molar refractivity (Wildman–Crippen MR) is 51.1 cm³/mol. The van der Waals surface area contributed by atoms with Crippen molar-refractivity contribution < 1.29 is 8.42 Å². The highest BCUT2D eigenvalue weighted by Crippen LogP contribution is 2.23.